The van der Waals surface area contributed by atoms with Gasteiger partial charge in [0, 0.05) is 11.8 Å². The van der Waals surface area contributed by atoms with Gasteiger partial charge in [-0.15, -0.1) is 0 Å². The van der Waals surface area contributed by atoms with E-state index in [1.54, 1.807) is 31.2 Å². The number of carbonyl (C=O) groups excluding carboxylic acids is 2. The molecule has 9 heteroatoms. The molecule has 0 amide bonds. The predicted molar refractivity (Wildman–Crippen MR) is 176 cm³/mol. The molecular formula is C39H47N2O7+. The van der Waals surface area contributed by atoms with Crippen LogP contribution in [0.15, 0.2) is 72.3 Å². The first kappa shape index (κ1) is 33.1. The first-order chi connectivity index (χ1) is 23.0. The van der Waals surface area contributed by atoms with Crippen LogP contribution in [0.4, 0.5) is 0 Å². The van der Waals surface area contributed by atoms with Crippen LogP contribution < -0.4 is 0 Å². The number of benzene rings is 2. The van der Waals surface area contributed by atoms with E-state index in [4.69, 9.17) is 14.2 Å². The van der Waals surface area contributed by atoms with E-state index in [0.29, 0.717) is 29.9 Å². The Morgan fingerprint density at radius 1 is 1.06 bits per heavy atom. The van der Waals surface area contributed by atoms with Gasteiger partial charge in [-0.25, -0.2) is 0 Å². The monoisotopic (exact) mass is 655 g/mol. The van der Waals surface area contributed by atoms with E-state index in [2.05, 4.69) is 31.8 Å². The Bertz CT molecular complexity index is 1570. The summed E-state index contributed by atoms with van der Waals surface area (Å²) in [6.07, 6.45) is 2.86. The molecule has 5 aliphatic rings. The Balaban J connectivity index is 1.40. The first-order valence-corrected chi connectivity index (χ1v) is 17.5. The average Bonchev–Trinajstić information content (AvgIpc) is 3.67. The zero-order chi connectivity index (χ0) is 34.1. The number of hydrogen-bond acceptors (Lipinski definition) is 8. The van der Waals surface area contributed by atoms with E-state index in [1.807, 2.05) is 36.4 Å². The van der Waals surface area contributed by atoms with Crippen LogP contribution in [0.2, 0.25) is 0 Å². The van der Waals surface area contributed by atoms with Crippen LogP contribution in [-0.4, -0.2) is 53.7 Å². The maximum absolute atomic E-state index is 15.8. The summed E-state index contributed by atoms with van der Waals surface area (Å²) in [6, 6.07) is 18.0. The highest BCUT2D eigenvalue weighted by Crippen LogP contribution is 2.83. The normalized spacial score (nSPS) is 39.8. The molecule has 254 valence electrons. The van der Waals surface area contributed by atoms with E-state index >= 15 is 4.79 Å². The number of fused-ring (bicyclic) bond motifs is 2. The van der Waals surface area contributed by atoms with Crippen LogP contribution in [0.3, 0.4) is 0 Å². The number of hydrogen-bond donors (Lipinski definition) is 2. The zero-order valence-electron chi connectivity index (χ0n) is 28.2. The maximum atomic E-state index is 15.8. The smallest absolute Gasteiger partial charge is 0.390 e. The molecule has 1 heterocycles. The van der Waals surface area contributed by atoms with E-state index in [1.165, 1.54) is 0 Å². The van der Waals surface area contributed by atoms with Crippen molar-refractivity contribution in [1.82, 2.24) is 0 Å². The van der Waals surface area contributed by atoms with Gasteiger partial charge in [0.05, 0.1) is 35.4 Å². The maximum Gasteiger partial charge on any atom is 0.519 e. The third-order valence-corrected chi connectivity index (χ3v) is 13.0. The summed E-state index contributed by atoms with van der Waals surface area (Å²) in [5.74, 6) is -0.265. The Morgan fingerprint density at radius 3 is 2.27 bits per heavy atom. The number of allylic oxidation sites excluding steroid dienone is 1. The molecule has 4 fully saturated rings. The van der Waals surface area contributed by atoms with Gasteiger partial charge in [0.1, 0.15) is 17.8 Å². The summed E-state index contributed by atoms with van der Waals surface area (Å²) in [6.45, 7) is 8.16. The van der Waals surface area contributed by atoms with Gasteiger partial charge in [-0.05, 0) is 80.0 Å². The molecule has 3 saturated carbocycles. The van der Waals surface area contributed by atoms with Gasteiger partial charge in [-0.2, -0.15) is 0 Å². The summed E-state index contributed by atoms with van der Waals surface area (Å²) < 4.78 is 19.3. The molecule has 11 atom stereocenters. The molecule has 9 nitrogen and oxygen atoms in total. The summed E-state index contributed by atoms with van der Waals surface area (Å²) >= 11 is 0. The van der Waals surface area contributed by atoms with Crippen molar-refractivity contribution in [2.75, 3.05) is 6.61 Å². The molecule has 0 aromatic heterocycles. The molecule has 4 unspecified atom stereocenters. The van der Waals surface area contributed by atoms with Gasteiger partial charge in [-0.1, -0.05) is 75.2 Å². The molecule has 0 spiro atoms. The summed E-state index contributed by atoms with van der Waals surface area (Å²) in [4.78, 5) is 33.6. The number of carbonyl (C=O) groups is 2. The number of aldehydes is 1. The number of rotatable bonds is 9. The van der Waals surface area contributed by atoms with Crippen molar-refractivity contribution in [3.63, 3.8) is 0 Å². The minimum Gasteiger partial charge on any atom is -0.390 e. The second-order valence-corrected chi connectivity index (χ2v) is 15.4. The number of nitrogens with zero attached hydrogens (tertiary/aromatic N) is 2. The van der Waals surface area contributed by atoms with E-state index < -0.39 is 52.5 Å². The van der Waals surface area contributed by atoms with Crippen LogP contribution in [0.5, 0.6) is 0 Å². The molecule has 1 aliphatic heterocycles. The molecule has 2 aromatic rings. The number of ether oxygens (including phenoxy) is 3. The van der Waals surface area contributed by atoms with Crippen LogP contribution in [-0.2, 0) is 29.5 Å². The highest BCUT2D eigenvalue weighted by Gasteiger charge is 2.85. The third kappa shape index (κ3) is 4.32. The van der Waals surface area contributed by atoms with Crippen molar-refractivity contribution < 1.29 is 34.0 Å². The fourth-order valence-corrected chi connectivity index (χ4v) is 10.9. The van der Waals surface area contributed by atoms with Crippen molar-refractivity contribution in [1.29, 1.82) is 5.39 Å². The largest absolute Gasteiger partial charge is 0.519 e. The van der Waals surface area contributed by atoms with Crippen LogP contribution in [0, 0.1) is 51.2 Å². The standard InChI is InChI=1S/C39H47N2O7/c1-23(2)31-17-28-19-36(21-42)30-16-15-24(3)29(30)20-37(28,22-46-33-18-32(43)34(44)25(4)47-33)38(31,36)35(45)48-39(41-40,26-11-7-5-8-12-26)27-13-9-6-10-14-27/h5-14,17,21,23-25,28-30,32-34,43-44H,15-16,18-20,22H2,1-4H3/q+1/t24-,25-,28?,29-,30-,32+,33-,34-,36?,37?,38?/m1/s1. The Kier molecular flexibility index (Phi) is 8.19. The van der Waals surface area contributed by atoms with E-state index in [0.717, 1.165) is 24.7 Å². The highest BCUT2D eigenvalue weighted by molar-refractivity contribution is 5.92. The third-order valence-electron chi connectivity index (χ3n) is 13.0. The average molecular weight is 656 g/mol. The van der Waals surface area contributed by atoms with Gasteiger partial charge < -0.3 is 29.2 Å². The Hall–Kier alpha value is -3.42. The first-order valence-electron chi connectivity index (χ1n) is 17.5. The molecule has 7 rings (SSSR count). The molecule has 48 heavy (non-hydrogen) atoms. The topological polar surface area (TPSA) is 130 Å². The van der Waals surface area contributed by atoms with Crippen LogP contribution in [0.1, 0.15) is 70.9 Å². The van der Waals surface area contributed by atoms with Crippen molar-refractivity contribution >= 4 is 12.3 Å². The Labute approximate surface area is 282 Å². The van der Waals surface area contributed by atoms with Crippen molar-refractivity contribution in [3.05, 3.63) is 88.4 Å². The number of diazo groups is 1. The van der Waals surface area contributed by atoms with Crippen molar-refractivity contribution in [2.45, 2.75) is 90.1 Å². The van der Waals surface area contributed by atoms with Crippen LogP contribution >= 0.6 is 0 Å². The molecule has 2 N–H and O–H groups in total. The van der Waals surface area contributed by atoms with E-state index in [-0.39, 0.29) is 36.7 Å². The number of esters is 1. The van der Waals surface area contributed by atoms with Gasteiger partial charge in [0.25, 0.3) is 0 Å². The SMILES string of the molecule is CC(C)C1=CC2CC3(C=O)[C@@H]4CC[C@@H](C)[C@H]4CC2(CO[C@H]2C[C@H](O)[C@H](O)[C@@H](C)O2)C13C(=O)OC([N+]#N)(c1ccccc1)c1ccccc1. The summed E-state index contributed by atoms with van der Waals surface area (Å²) in [5.41, 5.74) is -3.36. The second-order valence-electron chi connectivity index (χ2n) is 15.4. The minimum atomic E-state index is -1.89. The molecule has 4 aliphatic carbocycles. The van der Waals surface area contributed by atoms with E-state index in [9.17, 15) is 20.4 Å². The lowest BCUT2D eigenvalue weighted by Gasteiger charge is -2.59. The number of aliphatic hydroxyl groups is 2. The second kappa shape index (κ2) is 11.9. The van der Waals surface area contributed by atoms with Gasteiger partial charge in [-0.3, -0.25) is 4.79 Å². The lowest BCUT2D eigenvalue weighted by Crippen LogP contribution is -2.65. The van der Waals surface area contributed by atoms with Gasteiger partial charge in [0.2, 0.25) is 5.39 Å². The Morgan fingerprint density at radius 2 is 1.71 bits per heavy atom. The molecule has 0 radical (unpaired) electrons. The predicted octanol–water partition coefficient (Wildman–Crippen LogP) is 6.00. The highest BCUT2D eigenvalue weighted by atomic mass is 16.7. The fraction of sp³-hybridized carbons (Fsp3) is 0.590. The van der Waals surface area contributed by atoms with Gasteiger partial charge >= 0.3 is 11.7 Å². The fourth-order valence-electron chi connectivity index (χ4n) is 10.9. The molecular weight excluding hydrogens is 608 g/mol. The summed E-state index contributed by atoms with van der Waals surface area (Å²) in [5, 5.41) is 31.8. The lowest BCUT2D eigenvalue weighted by molar-refractivity contribution is -0.264. The van der Waals surface area contributed by atoms with Crippen molar-refractivity contribution in [3.8, 4) is 0 Å². The zero-order valence-corrected chi connectivity index (χ0v) is 28.2. The van der Waals surface area contributed by atoms with Crippen molar-refractivity contribution in [2.24, 2.45) is 45.8 Å². The molecule has 1 saturated heterocycles. The molecule has 4 bridgehead atoms. The number of aliphatic hydroxyl groups excluding tert-OH is 2. The summed E-state index contributed by atoms with van der Waals surface area (Å²) in [7, 11) is 0. The van der Waals surface area contributed by atoms with Gasteiger partial charge in [0.15, 0.2) is 11.3 Å². The van der Waals surface area contributed by atoms with Crippen LogP contribution in [0.25, 0.3) is 4.98 Å². The molecule has 2 aromatic carbocycles. The minimum absolute atomic E-state index is 0.0186. The quantitative estimate of drug-likeness (QED) is 0.146. The lowest BCUT2D eigenvalue weighted by atomic mass is 9.43.